The molecule has 2 aromatic heterocycles. The molecule has 2 heterocycles. The van der Waals surface area contributed by atoms with Crippen LogP contribution in [0.25, 0.3) is 16.9 Å². The van der Waals surface area contributed by atoms with Crippen molar-refractivity contribution in [1.29, 1.82) is 0 Å². The summed E-state index contributed by atoms with van der Waals surface area (Å²) in [4.78, 5) is 20.0. The number of methoxy groups -OCH3 is 1. The van der Waals surface area contributed by atoms with E-state index in [0.717, 1.165) is 11.0 Å². The van der Waals surface area contributed by atoms with E-state index < -0.39 is 5.97 Å². The van der Waals surface area contributed by atoms with Gasteiger partial charge < -0.3 is 15.8 Å². The van der Waals surface area contributed by atoms with Crippen molar-refractivity contribution >= 4 is 34.2 Å². The molecule has 0 saturated carbocycles. The maximum atomic E-state index is 11.5. The summed E-state index contributed by atoms with van der Waals surface area (Å²) < 4.78 is 6.26. The van der Waals surface area contributed by atoms with Gasteiger partial charge in [-0.1, -0.05) is 17.3 Å². The number of hydrogen-bond acceptors (Lipinski definition) is 8. The molecule has 134 valence electrons. The third-order valence-corrected chi connectivity index (χ3v) is 3.98. The second kappa shape index (κ2) is 6.71. The average Bonchev–Trinajstić information content (AvgIpc) is 3.13. The van der Waals surface area contributed by atoms with Crippen LogP contribution in [0.5, 0.6) is 0 Å². The topological polar surface area (TPSA) is 121 Å². The molecule has 0 atom stereocenters. The van der Waals surface area contributed by atoms with E-state index in [2.05, 4.69) is 25.6 Å². The largest absolute Gasteiger partial charge is 0.465 e. The van der Waals surface area contributed by atoms with Gasteiger partial charge in [0.25, 0.3) is 0 Å². The van der Waals surface area contributed by atoms with Crippen LogP contribution in [0, 0.1) is 0 Å². The van der Waals surface area contributed by atoms with Crippen LogP contribution in [0.3, 0.4) is 0 Å². The van der Waals surface area contributed by atoms with Crippen LogP contribution in [-0.2, 0) is 4.74 Å². The van der Waals surface area contributed by atoms with Crippen molar-refractivity contribution in [3.8, 4) is 5.82 Å². The molecular formula is C18H15N7O2. The number of nitrogens with two attached hydrogens (primary N) is 1. The molecule has 4 rings (SSSR count). The molecule has 0 radical (unpaired) electrons. The molecular weight excluding hydrogens is 346 g/mol. The highest BCUT2D eigenvalue weighted by Crippen LogP contribution is 2.26. The van der Waals surface area contributed by atoms with Gasteiger partial charge in [-0.05, 0) is 36.4 Å². The standard InChI is InChI=1S/C18H15N7O2/c1-27-18(26)11-6-8-12(9-7-11)22-16-15(19)17(21-10-20-16)25-14-5-3-2-4-13(14)23-24-25/h2-10H,19H2,1H3,(H,20,21,22). The van der Waals surface area contributed by atoms with E-state index in [0.29, 0.717) is 28.6 Å². The predicted octanol–water partition coefficient (Wildman–Crippen LogP) is 2.32. The second-order valence-corrected chi connectivity index (χ2v) is 5.64. The lowest BCUT2D eigenvalue weighted by Gasteiger charge is -2.11. The monoisotopic (exact) mass is 361 g/mol. The summed E-state index contributed by atoms with van der Waals surface area (Å²) >= 11 is 0. The van der Waals surface area contributed by atoms with Gasteiger partial charge in [-0.15, -0.1) is 5.10 Å². The van der Waals surface area contributed by atoms with Gasteiger partial charge in [0.2, 0.25) is 0 Å². The Bertz CT molecular complexity index is 1120. The third kappa shape index (κ3) is 3.01. The van der Waals surface area contributed by atoms with Crippen molar-refractivity contribution in [2.24, 2.45) is 0 Å². The number of anilines is 3. The van der Waals surface area contributed by atoms with Crippen LogP contribution in [0.2, 0.25) is 0 Å². The number of fused-ring (bicyclic) bond motifs is 1. The van der Waals surface area contributed by atoms with Crippen molar-refractivity contribution in [3.63, 3.8) is 0 Å². The van der Waals surface area contributed by atoms with E-state index in [9.17, 15) is 4.79 Å². The van der Waals surface area contributed by atoms with E-state index in [4.69, 9.17) is 10.5 Å². The number of para-hydroxylation sites is 1. The lowest BCUT2D eigenvalue weighted by atomic mass is 10.2. The number of rotatable bonds is 4. The Morgan fingerprint density at radius 3 is 2.67 bits per heavy atom. The number of ether oxygens (including phenoxy) is 1. The first-order valence-corrected chi connectivity index (χ1v) is 8.04. The summed E-state index contributed by atoms with van der Waals surface area (Å²) in [5.41, 5.74) is 9.28. The maximum absolute atomic E-state index is 11.5. The highest BCUT2D eigenvalue weighted by Gasteiger charge is 2.14. The summed E-state index contributed by atoms with van der Waals surface area (Å²) in [6.45, 7) is 0. The van der Waals surface area contributed by atoms with Gasteiger partial charge in [0.15, 0.2) is 11.6 Å². The molecule has 0 aliphatic rings. The second-order valence-electron chi connectivity index (χ2n) is 5.64. The highest BCUT2D eigenvalue weighted by atomic mass is 16.5. The zero-order valence-corrected chi connectivity index (χ0v) is 14.3. The number of nitrogen functional groups attached to an aromatic ring is 1. The minimum atomic E-state index is -0.400. The Kier molecular flexibility index (Phi) is 4.09. The summed E-state index contributed by atoms with van der Waals surface area (Å²) in [5, 5.41) is 11.4. The van der Waals surface area contributed by atoms with E-state index >= 15 is 0 Å². The molecule has 2 aromatic carbocycles. The van der Waals surface area contributed by atoms with Crippen LogP contribution < -0.4 is 11.1 Å². The first-order valence-electron chi connectivity index (χ1n) is 8.04. The quantitative estimate of drug-likeness (QED) is 0.531. The number of carbonyl (C=O) groups excluding carboxylic acids is 1. The first-order chi connectivity index (χ1) is 13.2. The van der Waals surface area contributed by atoms with Crippen LogP contribution >= 0.6 is 0 Å². The molecule has 27 heavy (non-hydrogen) atoms. The maximum Gasteiger partial charge on any atom is 0.337 e. The SMILES string of the molecule is COC(=O)c1ccc(Nc2ncnc(-n3nnc4ccccc43)c2N)cc1. The molecule has 0 saturated heterocycles. The lowest BCUT2D eigenvalue weighted by molar-refractivity contribution is 0.0601. The van der Waals surface area contributed by atoms with Gasteiger partial charge in [-0.2, -0.15) is 4.68 Å². The molecule has 3 N–H and O–H groups in total. The number of aromatic nitrogens is 5. The van der Waals surface area contributed by atoms with Crippen LogP contribution in [-0.4, -0.2) is 38.0 Å². The molecule has 0 aliphatic carbocycles. The lowest BCUT2D eigenvalue weighted by Crippen LogP contribution is -2.09. The molecule has 0 amide bonds. The van der Waals surface area contributed by atoms with Crippen LogP contribution in [0.4, 0.5) is 17.2 Å². The van der Waals surface area contributed by atoms with Crippen molar-refractivity contribution in [2.75, 3.05) is 18.2 Å². The molecule has 0 spiro atoms. The van der Waals surface area contributed by atoms with Crippen LogP contribution in [0.1, 0.15) is 10.4 Å². The summed E-state index contributed by atoms with van der Waals surface area (Å²) in [5.74, 6) is 0.446. The number of esters is 1. The van der Waals surface area contributed by atoms with Crippen molar-refractivity contribution in [3.05, 3.63) is 60.4 Å². The zero-order valence-electron chi connectivity index (χ0n) is 14.3. The fourth-order valence-electron chi connectivity index (χ4n) is 2.62. The van der Waals surface area contributed by atoms with Gasteiger partial charge in [0.05, 0.1) is 18.2 Å². The van der Waals surface area contributed by atoms with Gasteiger partial charge in [0.1, 0.15) is 17.5 Å². The van der Waals surface area contributed by atoms with Gasteiger partial charge in [-0.3, -0.25) is 0 Å². The predicted molar refractivity (Wildman–Crippen MR) is 99.9 cm³/mol. The Labute approximate surface area is 153 Å². The molecule has 4 aromatic rings. The number of nitrogens with one attached hydrogen (secondary N) is 1. The smallest absolute Gasteiger partial charge is 0.337 e. The Morgan fingerprint density at radius 2 is 1.89 bits per heavy atom. The molecule has 0 aliphatic heterocycles. The minimum absolute atomic E-state index is 0.324. The van der Waals surface area contributed by atoms with E-state index in [1.54, 1.807) is 28.9 Å². The Morgan fingerprint density at radius 1 is 1.11 bits per heavy atom. The third-order valence-electron chi connectivity index (χ3n) is 3.98. The molecule has 9 heteroatoms. The van der Waals surface area contributed by atoms with Gasteiger partial charge in [0, 0.05) is 5.69 Å². The van der Waals surface area contributed by atoms with E-state index in [-0.39, 0.29) is 0 Å². The van der Waals surface area contributed by atoms with Crippen molar-refractivity contribution in [2.45, 2.75) is 0 Å². The summed E-state index contributed by atoms with van der Waals surface area (Å²) in [6.07, 6.45) is 1.40. The number of hydrogen-bond donors (Lipinski definition) is 2. The Hall–Kier alpha value is -4.01. The molecule has 0 bridgehead atoms. The van der Waals surface area contributed by atoms with Crippen molar-refractivity contribution < 1.29 is 9.53 Å². The normalized spacial score (nSPS) is 10.7. The van der Waals surface area contributed by atoms with Crippen molar-refractivity contribution in [1.82, 2.24) is 25.0 Å². The van der Waals surface area contributed by atoms with E-state index in [1.165, 1.54) is 13.4 Å². The molecule has 0 unspecified atom stereocenters. The van der Waals surface area contributed by atoms with Gasteiger partial charge >= 0.3 is 5.97 Å². The number of nitrogens with zero attached hydrogens (tertiary/aromatic N) is 5. The zero-order chi connectivity index (χ0) is 18.8. The summed E-state index contributed by atoms with van der Waals surface area (Å²) in [7, 11) is 1.34. The fraction of sp³-hybridized carbons (Fsp3) is 0.0556. The highest BCUT2D eigenvalue weighted by molar-refractivity contribution is 5.90. The minimum Gasteiger partial charge on any atom is -0.465 e. The molecule has 0 fully saturated rings. The first kappa shape index (κ1) is 16.5. The average molecular weight is 361 g/mol. The number of benzene rings is 2. The van der Waals surface area contributed by atoms with Crippen LogP contribution in [0.15, 0.2) is 54.9 Å². The Balaban J connectivity index is 1.67. The molecule has 9 nitrogen and oxygen atoms in total. The van der Waals surface area contributed by atoms with Gasteiger partial charge in [-0.25, -0.2) is 14.8 Å². The fourth-order valence-corrected chi connectivity index (χ4v) is 2.62. The number of carbonyl (C=O) groups is 1. The van der Waals surface area contributed by atoms with E-state index in [1.807, 2.05) is 24.3 Å². The summed E-state index contributed by atoms with van der Waals surface area (Å²) in [6, 6.07) is 14.3.